The van der Waals surface area contributed by atoms with Crippen LogP contribution in [-0.4, -0.2) is 0 Å². The molecule has 0 fully saturated rings. The summed E-state index contributed by atoms with van der Waals surface area (Å²) in [5, 5.41) is 8.81. The molecule has 0 aliphatic rings. The highest BCUT2D eigenvalue weighted by molar-refractivity contribution is 5.49. The van der Waals surface area contributed by atoms with Gasteiger partial charge in [0, 0.05) is 16.7 Å². The van der Waals surface area contributed by atoms with Crippen LogP contribution in [0, 0.1) is 40.8 Å². The fourth-order valence-corrected chi connectivity index (χ4v) is 2.74. The van der Waals surface area contributed by atoms with E-state index in [1.807, 2.05) is 12.1 Å². The van der Waals surface area contributed by atoms with Crippen molar-refractivity contribution < 1.29 is 4.39 Å². The van der Waals surface area contributed by atoms with Crippen LogP contribution < -0.4 is 0 Å². The number of hydrogen-bond acceptors (Lipinski definition) is 1. The summed E-state index contributed by atoms with van der Waals surface area (Å²) in [4.78, 5) is 0. The summed E-state index contributed by atoms with van der Waals surface area (Å²) in [6.45, 7) is 2.18. The van der Waals surface area contributed by atoms with Crippen LogP contribution in [0.3, 0.4) is 0 Å². The van der Waals surface area contributed by atoms with Gasteiger partial charge >= 0.3 is 0 Å². The summed E-state index contributed by atoms with van der Waals surface area (Å²) < 4.78 is 14.4. The van der Waals surface area contributed by atoms with Crippen molar-refractivity contribution >= 4 is 0 Å². The van der Waals surface area contributed by atoms with Gasteiger partial charge in [-0.25, -0.2) is 4.39 Å². The van der Waals surface area contributed by atoms with Gasteiger partial charge in [-0.1, -0.05) is 49.2 Å². The molecular weight excluding hydrogens is 357 g/mol. The summed E-state index contributed by atoms with van der Waals surface area (Å²) in [7, 11) is 0. The Hall–Kier alpha value is -3.80. The lowest BCUT2D eigenvalue weighted by molar-refractivity contribution is 0.624. The van der Waals surface area contributed by atoms with Gasteiger partial charge in [-0.15, -0.1) is 0 Å². The van der Waals surface area contributed by atoms with Gasteiger partial charge in [0.15, 0.2) is 0 Å². The van der Waals surface area contributed by atoms with Crippen LogP contribution in [0.4, 0.5) is 4.39 Å². The third kappa shape index (κ3) is 5.84. The van der Waals surface area contributed by atoms with Gasteiger partial charge in [-0.05, 0) is 73.0 Å². The third-order valence-corrected chi connectivity index (χ3v) is 4.45. The zero-order valence-corrected chi connectivity index (χ0v) is 16.3. The molecule has 0 saturated carbocycles. The van der Waals surface area contributed by atoms with Gasteiger partial charge in [-0.2, -0.15) is 5.26 Å². The van der Waals surface area contributed by atoms with Crippen molar-refractivity contribution in [1.29, 1.82) is 5.26 Å². The molecule has 3 rings (SSSR count). The summed E-state index contributed by atoms with van der Waals surface area (Å²) in [5.41, 5.74) is 4.46. The van der Waals surface area contributed by atoms with Gasteiger partial charge in [0.2, 0.25) is 0 Å². The van der Waals surface area contributed by atoms with Crippen molar-refractivity contribution in [2.45, 2.75) is 26.2 Å². The molecule has 0 aliphatic carbocycles. The van der Waals surface area contributed by atoms with Crippen LogP contribution in [0.1, 0.15) is 53.1 Å². The highest BCUT2D eigenvalue weighted by Gasteiger charge is 2.00. The minimum atomic E-state index is -0.396. The molecule has 0 spiro atoms. The lowest BCUT2D eigenvalue weighted by Gasteiger charge is -1.99. The number of nitriles is 1. The molecule has 0 heterocycles. The number of rotatable bonds is 3. The molecule has 1 nitrogen and oxygen atoms in total. The largest absolute Gasteiger partial charge is 0.206 e. The van der Waals surface area contributed by atoms with Gasteiger partial charge in [-0.3, -0.25) is 0 Å². The van der Waals surface area contributed by atoms with Crippen LogP contribution in [0.15, 0.2) is 66.7 Å². The average molecular weight is 377 g/mol. The molecular formula is C27H20FN. The van der Waals surface area contributed by atoms with E-state index < -0.39 is 5.82 Å². The van der Waals surface area contributed by atoms with E-state index in [9.17, 15) is 4.39 Å². The van der Waals surface area contributed by atoms with E-state index in [1.165, 1.54) is 24.5 Å². The number of unbranched alkanes of at least 4 members (excludes halogenated alkanes) is 1. The predicted octanol–water partition coefficient (Wildman–Crippen LogP) is 5.84. The van der Waals surface area contributed by atoms with E-state index in [2.05, 4.69) is 48.8 Å². The van der Waals surface area contributed by atoms with Gasteiger partial charge < -0.3 is 0 Å². The molecule has 0 radical (unpaired) electrons. The van der Waals surface area contributed by atoms with Crippen molar-refractivity contribution in [2.75, 3.05) is 0 Å². The van der Waals surface area contributed by atoms with Crippen LogP contribution in [0.25, 0.3) is 0 Å². The number of halogens is 1. The Balaban J connectivity index is 1.71. The van der Waals surface area contributed by atoms with Crippen LogP contribution >= 0.6 is 0 Å². The molecule has 0 bridgehead atoms. The Kier molecular flexibility index (Phi) is 6.84. The molecule has 0 unspecified atom stereocenters. The molecule has 0 saturated heterocycles. The van der Waals surface area contributed by atoms with E-state index in [4.69, 9.17) is 5.26 Å². The molecule has 0 N–H and O–H groups in total. The van der Waals surface area contributed by atoms with Crippen molar-refractivity contribution in [2.24, 2.45) is 0 Å². The first-order valence-corrected chi connectivity index (χ1v) is 9.60. The van der Waals surface area contributed by atoms with Gasteiger partial charge in [0.05, 0.1) is 17.2 Å². The first kappa shape index (κ1) is 19.9. The van der Waals surface area contributed by atoms with Gasteiger partial charge in [0.25, 0.3) is 0 Å². The summed E-state index contributed by atoms with van der Waals surface area (Å²) in [6, 6.07) is 22.0. The second-order valence-corrected chi connectivity index (χ2v) is 6.68. The molecule has 3 aromatic rings. The second-order valence-electron chi connectivity index (χ2n) is 6.68. The van der Waals surface area contributed by atoms with Crippen molar-refractivity contribution in [3.05, 3.63) is 106 Å². The fourth-order valence-electron chi connectivity index (χ4n) is 2.74. The standard InChI is InChI=1S/C27H20FN/c1-2-3-4-21-5-7-22(8-6-21)9-12-24-16-18-26(27(28)19-24)17-15-23-10-13-25(20-29)14-11-23/h5-8,10-11,13-14,16,18-19H,2-4H2,1H3. The minimum absolute atomic E-state index is 0.320. The first-order valence-electron chi connectivity index (χ1n) is 9.60. The Bertz CT molecular complexity index is 1140. The highest BCUT2D eigenvalue weighted by Crippen LogP contribution is 2.11. The van der Waals surface area contributed by atoms with E-state index in [1.54, 1.807) is 36.4 Å². The van der Waals surface area contributed by atoms with Crippen molar-refractivity contribution in [3.8, 4) is 29.8 Å². The number of benzene rings is 3. The molecule has 0 aromatic heterocycles. The molecule has 0 aliphatic heterocycles. The van der Waals surface area contributed by atoms with Crippen molar-refractivity contribution in [1.82, 2.24) is 0 Å². The Labute approximate surface area is 171 Å². The summed E-state index contributed by atoms with van der Waals surface area (Å²) >= 11 is 0. The average Bonchev–Trinajstić information content (AvgIpc) is 2.76. The minimum Gasteiger partial charge on any atom is -0.206 e. The zero-order chi connectivity index (χ0) is 20.5. The molecule has 0 amide bonds. The Morgan fingerprint density at radius 3 is 1.90 bits per heavy atom. The first-order chi connectivity index (χ1) is 14.2. The quantitative estimate of drug-likeness (QED) is 0.526. The molecule has 0 atom stereocenters. The SMILES string of the molecule is CCCCc1ccc(C#Cc2ccc(C#Cc3ccc(C#N)cc3)c(F)c2)cc1. The van der Waals surface area contributed by atoms with Crippen molar-refractivity contribution in [3.63, 3.8) is 0 Å². The summed E-state index contributed by atoms with van der Waals surface area (Å²) in [6.07, 6.45) is 3.45. The van der Waals surface area contributed by atoms with E-state index in [0.29, 0.717) is 16.7 Å². The van der Waals surface area contributed by atoms with E-state index in [-0.39, 0.29) is 0 Å². The lowest BCUT2D eigenvalue weighted by atomic mass is 10.1. The molecule has 2 heteroatoms. The van der Waals surface area contributed by atoms with Crippen LogP contribution in [0.2, 0.25) is 0 Å². The third-order valence-electron chi connectivity index (χ3n) is 4.45. The topological polar surface area (TPSA) is 23.8 Å². The zero-order valence-electron chi connectivity index (χ0n) is 16.3. The number of hydrogen-bond donors (Lipinski definition) is 0. The number of nitrogens with zero attached hydrogens (tertiary/aromatic N) is 1. The summed E-state index contributed by atoms with van der Waals surface area (Å²) in [5.74, 6) is 11.4. The highest BCUT2D eigenvalue weighted by atomic mass is 19.1. The van der Waals surface area contributed by atoms with E-state index >= 15 is 0 Å². The monoisotopic (exact) mass is 377 g/mol. The lowest BCUT2D eigenvalue weighted by Crippen LogP contribution is -1.87. The molecule has 29 heavy (non-hydrogen) atoms. The smallest absolute Gasteiger partial charge is 0.140 e. The molecule has 3 aromatic carbocycles. The van der Waals surface area contributed by atoms with E-state index in [0.717, 1.165) is 17.5 Å². The Morgan fingerprint density at radius 1 is 0.724 bits per heavy atom. The maximum Gasteiger partial charge on any atom is 0.140 e. The predicted molar refractivity (Wildman–Crippen MR) is 115 cm³/mol. The van der Waals surface area contributed by atoms with Crippen LogP contribution in [-0.2, 0) is 6.42 Å². The van der Waals surface area contributed by atoms with Crippen LogP contribution in [0.5, 0.6) is 0 Å². The maximum absolute atomic E-state index is 14.4. The molecule has 140 valence electrons. The fraction of sp³-hybridized carbons (Fsp3) is 0.148. The Morgan fingerprint density at radius 2 is 1.28 bits per heavy atom. The normalized spacial score (nSPS) is 9.55. The number of aryl methyl sites for hydroxylation is 1. The second kappa shape index (κ2) is 9.94. The van der Waals surface area contributed by atoms with Gasteiger partial charge in [0.1, 0.15) is 5.82 Å². The maximum atomic E-state index is 14.4.